The summed E-state index contributed by atoms with van der Waals surface area (Å²) >= 11 is 0. The van der Waals surface area contributed by atoms with Gasteiger partial charge in [-0.25, -0.2) is 0 Å². The number of unbranched alkanes of at least 4 members (excludes halogenated alkanes) is 1. The fourth-order valence-corrected chi connectivity index (χ4v) is 7.43. The molecule has 2 amide bonds. The number of nitrogens with two attached hydrogens (primary N) is 1. The van der Waals surface area contributed by atoms with Gasteiger partial charge in [-0.3, -0.25) is 19.3 Å². The molecule has 6 rings (SSSR count). The lowest BCUT2D eigenvalue weighted by atomic mass is 9.97. The number of nitrogens with one attached hydrogen (secondary N) is 2. The van der Waals surface area contributed by atoms with Gasteiger partial charge in [-0.1, -0.05) is 84.9 Å². The van der Waals surface area contributed by atoms with E-state index in [9.17, 15) is 19.5 Å². The molecule has 2 aliphatic rings. The lowest BCUT2D eigenvalue weighted by molar-refractivity contribution is -0.253. The number of ether oxygens (including phenoxy) is 3. The summed E-state index contributed by atoms with van der Waals surface area (Å²) < 4.78 is 19.0. The van der Waals surface area contributed by atoms with E-state index in [1.165, 1.54) is 0 Å². The maximum atomic E-state index is 13.1. The van der Waals surface area contributed by atoms with Crippen molar-refractivity contribution >= 4 is 29.2 Å². The number of carbonyl (C=O) groups is 3. The molecule has 5 N–H and O–H groups in total. The van der Waals surface area contributed by atoms with Gasteiger partial charge in [-0.05, 0) is 92.9 Å². The summed E-state index contributed by atoms with van der Waals surface area (Å²) in [5, 5.41) is 15.5. The van der Waals surface area contributed by atoms with Gasteiger partial charge in [0.25, 0.3) is 0 Å². The molecular formula is C46H56N4O7. The number of esters is 1. The van der Waals surface area contributed by atoms with Crippen molar-refractivity contribution in [2.24, 2.45) is 0 Å². The van der Waals surface area contributed by atoms with Crippen LogP contribution in [0.25, 0.3) is 11.1 Å². The second kappa shape index (κ2) is 19.4. The Balaban J connectivity index is 1.07. The molecule has 0 saturated carbocycles. The van der Waals surface area contributed by atoms with Gasteiger partial charge in [0.15, 0.2) is 6.29 Å². The summed E-state index contributed by atoms with van der Waals surface area (Å²) in [6.07, 6.45) is 3.01. The van der Waals surface area contributed by atoms with Crippen molar-refractivity contribution in [3.05, 3.63) is 119 Å². The van der Waals surface area contributed by atoms with Crippen LogP contribution in [-0.2, 0) is 41.7 Å². The van der Waals surface area contributed by atoms with E-state index in [1.54, 1.807) is 12.1 Å². The highest BCUT2D eigenvalue weighted by Crippen LogP contribution is 2.39. The Morgan fingerprint density at radius 2 is 1.54 bits per heavy atom. The molecule has 302 valence electrons. The fraction of sp³-hybridized carbons (Fsp3) is 0.413. The lowest BCUT2D eigenvalue weighted by Gasteiger charge is -2.38. The van der Waals surface area contributed by atoms with Gasteiger partial charge < -0.3 is 35.7 Å². The highest BCUT2D eigenvalue weighted by atomic mass is 16.7. The van der Waals surface area contributed by atoms with Crippen LogP contribution >= 0.6 is 0 Å². The van der Waals surface area contributed by atoms with Crippen molar-refractivity contribution in [3.63, 3.8) is 0 Å². The van der Waals surface area contributed by atoms with Crippen LogP contribution in [0.2, 0.25) is 0 Å². The zero-order chi connectivity index (χ0) is 40.4. The van der Waals surface area contributed by atoms with Crippen molar-refractivity contribution < 1.29 is 33.7 Å². The highest BCUT2D eigenvalue weighted by Gasteiger charge is 2.39. The molecule has 0 spiro atoms. The maximum absolute atomic E-state index is 13.1. The van der Waals surface area contributed by atoms with Gasteiger partial charge in [0.2, 0.25) is 11.8 Å². The second-order valence-corrected chi connectivity index (χ2v) is 15.9. The molecule has 57 heavy (non-hydrogen) atoms. The normalized spacial score (nSPS) is 19.9. The van der Waals surface area contributed by atoms with Gasteiger partial charge in [0, 0.05) is 37.9 Å². The number of para-hydroxylation sites is 2. The molecular weight excluding hydrogens is 721 g/mol. The van der Waals surface area contributed by atoms with Crippen LogP contribution < -0.4 is 16.4 Å². The number of benzene rings is 4. The number of anilines is 2. The Kier molecular flexibility index (Phi) is 14.1. The smallest absolute Gasteiger partial charge is 0.323 e. The Morgan fingerprint density at radius 3 is 2.26 bits per heavy atom. The number of carbonyl (C=O) groups excluding carboxylic acids is 3. The Hall–Kier alpha value is -5.07. The molecule has 0 radical (unpaired) electrons. The van der Waals surface area contributed by atoms with Crippen LogP contribution in [0.4, 0.5) is 11.4 Å². The number of hydrogen-bond donors (Lipinski definition) is 4. The third kappa shape index (κ3) is 11.7. The first-order chi connectivity index (χ1) is 27.5. The van der Waals surface area contributed by atoms with Crippen LogP contribution in [0.15, 0.2) is 97.1 Å². The van der Waals surface area contributed by atoms with Crippen LogP contribution in [0.1, 0.15) is 100 Å². The minimum absolute atomic E-state index is 0.0307. The summed E-state index contributed by atoms with van der Waals surface area (Å²) in [7, 11) is 0. The minimum atomic E-state index is -0.639. The molecule has 2 saturated heterocycles. The van der Waals surface area contributed by atoms with Gasteiger partial charge in [-0.2, -0.15) is 0 Å². The first kappa shape index (κ1) is 41.6. The standard InChI is InChI=1S/C46H56N4O7/c1-46(2,3)57-44(54)40-15-10-26-50(40)29-36-27-41(33-20-18-31(30-51)19-21-33)56-45(55-36)34-24-22-32(23-25-34)37-12-5-4-11-35(37)28-48-42(52)16-8-9-17-43(53)49-39-14-7-6-13-38(39)47/h4-7,11-14,18-25,36,40-41,45,51H,8-10,15-17,26-30,47H2,1-3H3,(H,48,52)(H,49,53). The highest BCUT2D eigenvalue weighted by molar-refractivity contribution is 5.93. The fourth-order valence-electron chi connectivity index (χ4n) is 7.43. The summed E-state index contributed by atoms with van der Waals surface area (Å²) in [4.78, 5) is 40.4. The van der Waals surface area contributed by atoms with Gasteiger partial charge in [0.1, 0.15) is 11.6 Å². The summed E-state index contributed by atoms with van der Waals surface area (Å²) in [6.45, 7) is 7.39. The van der Waals surface area contributed by atoms with E-state index >= 15 is 0 Å². The number of aliphatic hydroxyl groups excluding tert-OH is 1. The van der Waals surface area contributed by atoms with Crippen LogP contribution in [0.5, 0.6) is 0 Å². The summed E-state index contributed by atoms with van der Waals surface area (Å²) in [5.41, 5.74) is 12.2. The number of nitrogen functional groups attached to an aromatic ring is 1. The molecule has 4 aromatic rings. The van der Waals surface area contributed by atoms with Crippen molar-refractivity contribution in [1.82, 2.24) is 10.2 Å². The number of aliphatic hydroxyl groups is 1. The zero-order valence-electron chi connectivity index (χ0n) is 33.2. The predicted molar refractivity (Wildman–Crippen MR) is 221 cm³/mol. The van der Waals surface area contributed by atoms with Crippen molar-refractivity contribution in [2.45, 2.75) is 109 Å². The van der Waals surface area contributed by atoms with Crippen LogP contribution in [0.3, 0.4) is 0 Å². The van der Waals surface area contributed by atoms with E-state index in [2.05, 4.69) is 15.5 Å². The molecule has 0 bridgehead atoms. The number of likely N-dealkylation sites (tertiary alicyclic amines) is 1. The average molecular weight is 777 g/mol. The number of rotatable bonds is 15. The third-order valence-corrected chi connectivity index (χ3v) is 10.4. The van der Waals surface area contributed by atoms with Gasteiger partial charge >= 0.3 is 5.97 Å². The maximum Gasteiger partial charge on any atom is 0.323 e. The molecule has 4 atom stereocenters. The van der Waals surface area contributed by atoms with E-state index in [-0.39, 0.29) is 42.6 Å². The van der Waals surface area contributed by atoms with Crippen LogP contribution in [0, 0.1) is 0 Å². The van der Waals surface area contributed by atoms with E-state index in [4.69, 9.17) is 19.9 Å². The van der Waals surface area contributed by atoms with E-state index in [1.807, 2.05) is 106 Å². The van der Waals surface area contributed by atoms with Crippen molar-refractivity contribution in [1.29, 1.82) is 0 Å². The summed E-state index contributed by atoms with van der Waals surface area (Å²) in [6, 6.07) is 30.8. The molecule has 2 heterocycles. The molecule has 4 unspecified atom stereocenters. The first-order valence-corrected chi connectivity index (χ1v) is 20.0. The average Bonchev–Trinajstić information content (AvgIpc) is 3.67. The number of nitrogens with zero attached hydrogens (tertiary/aromatic N) is 1. The summed E-state index contributed by atoms with van der Waals surface area (Å²) in [5.74, 6) is -0.387. The predicted octanol–water partition coefficient (Wildman–Crippen LogP) is 7.59. The Morgan fingerprint density at radius 1 is 0.860 bits per heavy atom. The molecule has 2 aliphatic heterocycles. The van der Waals surface area contributed by atoms with Gasteiger partial charge in [-0.15, -0.1) is 0 Å². The van der Waals surface area contributed by atoms with Crippen LogP contribution in [-0.4, -0.2) is 58.6 Å². The SMILES string of the molecule is CC(C)(C)OC(=O)C1CCCN1CC1CC(c2ccc(CO)cc2)OC(c2ccc(-c3ccccc3CNC(=O)CCCCC(=O)Nc3ccccc3N)cc2)O1. The molecule has 11 nitrogen and oxygen atoms in total. The van der Waals surface area contributed by atoms with E-state index in [0.29, 0.717) is 56.6 Å². The third-order valence-electron chi connectivity index (χ3n) is 10.4. The quantitative estimate of drug-likeness (QED) is 0.0544. The van der Waals surface area contributed by atoms with Crippen molar-refractivity contribution in [2.75, 3.05) is 24.1 Å². The minimum Gasteiger partial charge on any atom is -0.459 e. The molecule has 0 aromatic heterocycles. The molecule has 11 heteroatoms. The topological polar surface area (TPSA) is 152 Å². The first-order valence-electron chi connectivity index (χ1n) is 20.0. The molecule has 2 fully saturated rings. The van der Waals surface area contributed by atoms with E-state index in [0.717, 1.165) is 52.8 Å². The van der Waals surface area contributed by atoms with E-state index < -0.39 is 11.9 Å². The lowest BCUT2D eigenvalue weighted by Crippen LogP contribution is -2.45. The number of amides is 2. The van der Waals surface area contributed by atoms with Crippen molar-refractivity contribution in [3.8, 4) is 11.1 Å². The van der Waals surface area contributed by atoms with Gasteiger partial charge in [0.05, 0.1) is 30.2 Å². The Bertz CT molecular complexity index is 1960. The second-order valence-electron chi connectivity index (χ2n) is 15.9. The monoisotopic (exact) mass is 776 g/mol. The zero-order valence-corrected chi connectivity index (χ0v) is 33.2. The largest absolute Gasteiger partial charge is 0.459 e. The molecule has 4 aromatic carbocycles. The Labute approximate surface area is 335 Å². The number of hydrogen-bond acceptors (Lipinski definition) is 9. The molecule has 0 aliphatic carbocycles.